The first-order valence-corrected chi connectivity index (χ1v) is 9.33. The van der Waals surface area contributed by atoms with Crippen LogP contribution in [0, 0.1) is 0 Å². The van der Waals surface area contributed by atoms with Crippen molar-refractivity contribution in [1.29, 1.82) is 0 Å². The molecular weight excluding hydrogens is 348 g/mol. The smallest absolute Gasteiger partial charge is 0.323 e. The van der Waals surface area contributed by atoms with Crippen molar-refractivity contribution in [2.45, 2.75) is 52.2 Å². The van der Waals surface area contributed by atoms with Gasteiger partial charge in [-0.25, -0.2) is 0 Å². The largest absolute Gasteiger partial charge is 0.490 e. The summed E-state index contributed by atoms with van der Waals surface area (Å²) in [6.45, 7) is 5.95. The number of ether oxygens (including phenoxy) is 1. The van der Waals surface area contributed by atoms with Gasteiger partial charge in [-0.3, -0.25) is 14.4 Å². The minimum atomic E-state index is -1.03. The second-order valence-electron chi connectivity index (χ2n) is 7.08. The van der Waals surface area contributed by atoms with Crippen molar-refractivity contribution < 1.29 is 24.2 Å². The van der Waals surface area contributed by atoms with Crippen LogP contribution in [0.3, 0.4) is 0 Å². The number of carboxylic acid groups (broad SMARTS) is 1. The highest BCUT2D eigenvalue weighted by Crippen LogP contribution is 2.24. The molecule has 2 amide bonds. The molecule has 0 aromatic heterocycles. The van der Waals surface area contributed by atoms with Crippen molar-refractivity contribution in [3.05, 3.63) is 29.8 Å². The molecule has 0 bridgehead atoms. The van der Waals surface area contributed by atoms with E-state index in [-0.39, 0.29) is 30.5 Å². The van der Waals surface area contributed by atoms with Crippen molar-refractivity contribution in [1.82, 2.24) is 9.80 Å². The number of benzene rings is 1. The van der Waals surface area contributed by atoms with E-state index in [9.17, 15) is 14.4 Å². The second kappa shape index (κ2) is 9.39. The van der Waals surface area contributed by atoms with Gasteiger partial charge in [0.15, 0.2) is 0 Å². The Morgan fingerprint density at radius 2 is 1.93 bits per heavy atom. The maximum Gasteiger partial charge on any atom is 0.323 e. The lowest BCUT2D eigenvalue weighted by Crippen LogP contribution is -2.43. The number of para-hydroxylation sites is 1. The van der Waals surface area contributed by atoms with E-state index in [1.54, 1.807) is 17.0 Å². The maximum atomic E-state index is 13.0. The molecule has 1 atom stereocenters. The average Bonchev–Trinajstić information content (AvgIpc) is 2.84. The second-order valence-corrected chi connectivity index (χ2v) is 7.08. The van der Waals surface area contributed by atoms with Crippen molar-refractivity contribution in [2.75, 3.05) is 19.6 Å². The Hall–Kier alpha value is -2.57. The Kier molecular flexibility index (Phi) is 7.21. The van der Waals surface area contributed by atoms with Crippen LogP contribution < -0.4 is 4.74 Å². The van der Waals surface area contributed by atoms with Crippen LogP contribution in [-0.4, -0.2) is 64.5 Å². The predicted octanol–water partition coefficient (Wildman–Crippen LogP) is 2.40. The fraction of sp³-hybridized carbons (Fsp3) is 0.550. The lowest BCUT2D eigenvalue weighted by molar-refractivity contribution is -0.145. The molecule has 7 nitrogen and oxygen atoms in total. The number of amides is 2. The number of aliphatic carboxylic acids is 1. The number of carboxylic acids is 1. The van der Waals surface area contributed by atoms with E-state index in [1.165, 1.54) is 11.8 Å². The third kappa shape index (κ3) is 5.70. The van der Waals surface area contributed by atoms with Gasteiger partial charge >= 0.3 is 5.97 Å². The summed E-state index contributed by atoms with van der Waals surface area (Å²) in [6, 6.07) is 7.03. The lowest BCUT2D eigenvalue weighted by atomic mass is 10.1. The summed E-state index contributed by atoms with van der Waals surface area (Å²) in [7, 11) is 0. The van der Waals surface area contributed by atoms with Gasteiger partial charge < -0.3 is 19.6 Å². The van der Waals surface area contributed by atoms with Gasteiger partial charge in [0.2, 0.25) is 5.91 Å². The first-order valence-electron chi connectivity index (χ1n) is 9.33. The zero-order chi connectivity index (χ0) is 20.0. The normalized spacial score (nSPS) is 17.3. The number of carbonyl (C=O) groups is 3. The van der Waals surface area contributed by atoms with E-state index in [4.69, 9.17) is 9.84 Å². The Labute approximate surface area is 159 Å². The van der Waals surface area contributed by atoms with E-state index in [0.717, 1.165) is 0 Å². The molecule has 1 heterocycles. The molecule has 1 aromatic carbocycles. The van der Waals surface area contributed by atoms with E-state index in [1.807, 2.05) is 26.0 Å². The molecule has 0 aliphatic carbocycles. The molecule has 7 heteroatoms. The van der Waals surface area contributed by atoms with Gasteiger partial charge in [0.05, 0.1) is 11.7 Å². The topological polar surface area (TPSA) is 87.2 Å². The van der Waals surface area contributed by atoms with Crippen molar-refractivity contribution in [3.8, 4) is 5.75 Å². The number of rotatable bonds is 6. The van der Waals surface area contributed by atoms with Crippen LogP contribution in [-0.2, 0) is 9.59 Å². The third-order valence-corrected chi connectivity index (χ3v) is 4.62. The van der Waals surface area contributed by atoms with E-state index in [0.29, 0.717) is 43.7 Å². The van der Waals surface area contributed by atoms with E-state index < -0.39 is 5.97 Å². The first kappa shape index (κ1) is 20.7. The van der Waals surface area contributed by atoms with Gasteiger partial charge in [-0.2, -0.15) is 0 Å². The molecule has 1 aromatic rings. The van der Waals surface area contributed by atoms with Gasteiger partial charge in [-0.1, -0.05) is 12.1 Å². The Bertz CT molecular complexity index is 689. The van der Waals surface area contributed by atoms with Crippen molar-refractivity contribution >= 4 is 17.8 Å². The Morgan fingerprint density at radius 1 is 1.22 bits per heavy atom. The maximum absolute atomic E-state index is 13.0. The number of carbonyl (C=O) groups excluding carboxylic acids is 2. The molecule has 1 saturated heterocycles. The molecule has 2 rings (SSSR count). The number of hydrogen-bond acceptors (Lipinski definition) is 4. The molecule has 1 fully saturated rings. The van der Waals surface area contributed by atoms with Gasteiger partial charge in [-0.15, -0.1) is 0 Å². The first-order chi connectivity index (χ1) is 12.8. The van der Waals surface area contributed by atoms with Crippen molar-refractivity contribution in [3.63, 3.8) is 0 Å². The summed E-state index contributed by atoms with van der Waals surface area (Å²) >= 11 is 0. The minimum absolute atomic E-state index is 0.0346. The average molecular weight is 376 g/mol. The minimum Gasteiger partial charge on any atom is -0.490 e. The van der Waals surface area contributed by atoms with Crippen LogP contribution >= 0.6 is 0 Å². The van der Waals surface area contributed by atoms with Gasteiger partial charge in [0.1, 0.15) is 12.3 Å². The van der Waals surface area contributed by atoms with Gasteiger partial charge in [0.25, 0.3) is 5.91 Å². The molecule has 0 radical (unpaired) electrons. The summed E-state index contributed by atoms with van der Waals surface area (Å²) in [5, 5.41) is 9.05. The number of hydrogen-bond donors (Lipinski definition) is 1. The Morgan fingerprint density at radius 3 is 2.56 bits per heavy atom. The van der Waals surface area contributed by atoms with E-state index in [2.05, 4.69) is 0 Å². The third-order valence-electron chi connectivity index (χ3n) is 4.62. The lowest BCUT2D eigenvalue weighted by Gasteiger charge is -2.29. The van der Waals surface area contributed by atoms with Gasteiger partial charge in [0, 0.05) is 26.1 Å². The summed E-state index contributed by atoms with van der Waals surface area (Å²) < 4.78 is 5.76. The standard InChI is InChI=1S/C20H28N2O5/c1-14(2)27-18-9-5-4-8-17(18)20(26)21-11-6-7-16(10-12-21)22(15(3)23)13-19(24)25/h4-5,8-9,14,16H,6-7,10-13H2,1-3H3,(H,24,25). The zero-order valence-electron chi connectivity index (χ0n) is 16.2. The summed E-state index contributed by atoms with van der Waals surface area (Å²) in [5.41, 5.74) is 0.526. The van der Waals surface area contributed by atoms with Gasteiger partial charge in [-0.05, 0) is 45.2 Å². The van der Waals surface area contributed by atoms with E-state index >= 15 is 0 Å². The highest BCUT2D eigenvalue weighted by Gasteiger charge is 2.28. The fourth-order valence-electron chi connectivity index (χ4n) is 3.41. The van der Waals surface area contributed by atoms with Crippen LogP contribution in [0.5, 0.6) is 5.75 Å². The molecule has 0 saturated carbocycles. The van der Waals surface area contributed by atoms with Crippen LogP contribution in [0.25, 0.3) is 0 Å². The Balaban J connectivity index is 2.11. The van der Waals surface area contributed by atoms with Crippen LogP contribution in [0.1, 0.15) is 50.4 Å². The van der Waals surface area contributed by atoms with Crippen LogP contribution in [0.2, 0.25) is 0 Å². The number of nitrogens with zero attached hydrogens (tertiary/aromatic N) is 2. The molecular formula is C20H28N2O5. The predicted molar refractivity (Wildman–Crippen MR) is 101 cm³/mol. The summed E-state index contributed by atoms with van der Waals surface area (Å²) in [5.74, 6) is -0.811. The molecule has 0 spiro atoms. The number of likely N-dealkylation sites (tertiary alicyclic amines) is 1. The summed E-state index contributed by atoms with van der Waals surface area (Å²) in [6.07, 6.45) is 1.92. The van der Waals surface area contributed by atoms with Crippen LogP contribution in [0.15, 0.2) is 24.3 Å². The molecule has 27 heavy (non-hydrogen) atoms. The van der Waals surface area contributed by atoms with Crippen LogP contribution in [0.4, 0.5) is 0 Å². The zero-order valence-corrected chi connectivity index (χ0v) is 16.2. The quantitative estimate of drug-likeness (QED) is 0.824. The SMILES string of the molecule is CC(=O)N(CC(=O)O)C1CCCN(C(=O)c2ccccc2OC(C)C)CC1. The monoisotopic (exact) mass is 376 g/mol. The molecule has 1 aliphatic rings. The highest BCUT2D eigenvalue weighted by atomic mass is 16.5. The molecule has 148 valence electrons. The molecule has 1 unspecified atom stereocenters. The van der Waals surface area contributed by atoms with Crippen molar-refractivity contribution in [2.24, 2.45) is 0 Å². The molecule has 1 N–H and O–H groups in total. The summed E-state index contributed by atoms with van der Waals surface area (Å²) in [4.78, 5) is 39.1. The fourth-order valence-corrected chi connectivity index (χ4v) is 3.41. The highest BCUT2D eigenvalue weighted by molar-refractivity contribution is 5.97. The molecule has 1 aliphatic heterocycles.